The van der Waals surface area contributed by atoms with Crippen molar-refractivity contribution >= 4 is 29.6 Å². The van der Waals surface area contributed by atoms with Crippen LogP contribution in [0.1, 0.15) is 28.3 Å². The molecule has 2 unspecified atom stereocenters. The zero-order valence-corrected chi connectivity index (χ0v) is 24.1. The van der Waals surface area contributed by atoms with Crippen molar-refractivity contribution in [3.63, 3.8) is 0 Å². The second-order valence-corrected chi connectivity index (χ2v) is 9.31. The molecule has 3 aromatic carbocycles. The predicted molar refractivity (Wildman–Crippen MR) is 158 cm³/mol. The maximum absolute atomic E-state index is 13.7. The van der Waals surface area contributed by atoms with E-state index in [1.54, 1.807) is 18.2 Å². The zero-order chi connectivity index (χ0) is 32.4. The molecule has 0 saturated carbocycles. The van der Waals surface area contributed by atoms with Crippen LogP contribution in [-0.2, 0) is 20.6 Å². The van der Waals surface area contributed by atoms with Gasteiger partial charge in [-0.2, -0.15) is 13.2 Å². The van der Waals surface area contributed by atoms with E-state index in [-0.39, 0.29) is 17.1 Å². The Kier molecular flexibility index (Phi) is 11.1. The molecule has 0 spiro atoms. The molecule has 0 bridgehead atoms. The number of hydrogen-bond acceptors (Lipinski definition) is 7. The molecule has 0 aliphatic carbocycles. The number of allylic oxidation sites excluding steroid dienone is 2. The van der Waals surface area contributed by atoms with E-state index in [0.29, 0.717) is 22.6 Å². The number of benzene rings is 3. The maximum Gasteiger partial charge on any atom is 0.416 e. The summed E-state index contributed by atoms with van der Waals surface area (Å²) in [6.45, 7) is 3.37. The number of carbonyl (C=O) groups is 3. The molecule has 44 heavy (non-hydrogen) atoms. The average molecular weight is 610 g/mol. The van der Waals surface area contributed by atoms with Crippen LogP contribution in [0.3, 0.4) is 0 Å². The molecular formula is C33H30F3NO7. The molecule has 0 fully saturated rings. The summed E-state index contributed by atoms with van der Waals surface area (Å²) >= 11 is 0. The Hall–Kier alpha value is -5.32. The Balaban J connectivity index is 2.12. The van der Waals surface area contributed by atoms with Gasteiger partial charge in [0.25, 0.3) is 0 Å². The van der Waals surface area contributed by atoms with Gasteiger partial charge in [-0.3, -0.25) is 14.4 Å². The first-order chi connectivity index (χ1) is 20.9. The number of ketones is 2. The lowest BCUT2D eigenvalue weighted by Gasteiger charge is -2.25. The Labute approximate surface area is 252 Å². The summed E-state index contributed by atoms with van der Waals surface area (Å²) < 4.78 is 56.4. The number of methoxy groups -OCH3 is 3. The van der Waals surface area contributed by atoms with Crippen LogP contribution in [0.4, 0.5) is 13.2 Å². The van der Waals surface area contributed by atoms with Crippen molar-refractivity contribution in [3.05, 3.63) is 108 Å². The maximum atomic E-state index is 13.7. The second kappa shape index (κ2) is 14.7. The summed E-state index contributed by atoms with van der Waals surface area (Å²) in [6.07, 6.45) is 1.07. The summed E-state index contributed by atoms with van der Waals surface area (Å²) in [5.74, 6) is -3.30. The van der Waals surface area contributed by atoms with Gasteiger partial charge in [-0.25, -0.2) is 0 Å². The summed E-state index contributed by atoms with van der Waals surface area (Å²) in [5, 5.41) is 12.3. The molecule has 1 amide bonds. The van der Waals surface area contributed by atoms with Crippen LogP contribution < -0.4 is 19.5 Å². The molecule has 0 radical (unpaired) electrons. The van der Waals surface area contributed by atoms with Gasteiger partial charge in [0, 0.05) is 0 Å². The number of rotatable bonds is 13. The van der Waals surface area contributed by atoms with E-state index in [1.165, 1.54) is 57.7 Å². The molecule has 3 rings (SSSR count). The highest BCUT2D eigenvalue weighted by molar-refractivity contribution is 6.14. The van der Waals surface area contributed by atoms with Crippen molar-refractivity contribution in [1.82, 2.24) is 5.32 Å². The van der Waals surface area contributed by atoms with Crippen molar-refractivity contribution in [1.29, 1.82) is 0 Å². The molecular weight excluding hydrogens is 579 g/mol. The predicted octanol–water partition coefficient (Wildman–Crippen LogP) is 5.96. The minimum Gasteiger partial charge on any atom is -0.504 e. The van der Waals surface area contributed by atoms with Crippen LogP contribution >= 0.6 is 0 Å². The number of amides is 1. The largest absolute Gasteiger partial charge is 0.504 e. The van der Waals surface area contributed by atoms with Crippen LogP contribution in [0.5, 0.6) is 23.0 Å². The third kappa shape index (κ3) is 8.37. The number of nitrogens with one attached hydrogen (secondary N) is 1. The molecule has 0 heterocycles. The summed E-state index contributed by atoms with van der Waals surface area (Å²) in [7, 11) is 4.23. The van der Waals surface area contributed by atoms with E-state index in [9.17, 15) is 32.7 Å². The number of phenols is 1. The number of hydrogen-bond donors (Lipinski definition) is 2. The van der Waals surface area contributed by atoms with Crippen molar-refractivity contribution in [2.75, 3.05) is 21.3 Å². The zero-order valence-electron chi connectivity index (χ0n) is 24.1. The molecule has 0 saturated heterocycles. The quantitative estimate of drug-likeness (QED) is 0.182. The monoisotopic (exact) mass is 609 g/mol. The third-order valence-corrected chi connectivity index (χ3v) is 6.49. The molecule has 0 aromatic heterocycles. The molecule has 8 nitrogen and oxygen atoms in total. The Morgan fingerprint density at radius 2 is 1.39 bits per heavy atom. The molecule has 2 N–H and O–H groups in total. The number of halogens is 3. The van der Waals surface area contributed by atoms with Crippen LogP contribution in [0, 0.1) is 5.92 Å². The minimum absolute atomic E-state index is 0.124. The van der Waals surface area contributed by atoms with E-state index in [4.69, 9.17) is 14.2 Å². The van der Waals surface area contributed by atoms with Crippen molar-refractivity contribution < 1.29 is 46.9 Å². The summed E-state index contributed by atoms with van der Waals surface area (Å²) in [5.41, 5.74) is -0.231. The Morgan fingerprint density at radius 1 is 0.818 bits per heavy atom. The number of carbonyl (C=O) groups excluding carboxylic acids is 3. The van der Waals surface area contributed by atoms with Gasteiger partial charge in [-0.05, 0) is 71.3 Å². The van der Waals surface area contributed by atoms with Gasteiger partial charge in [0.1, 0.15) is 5.92 Å². The van der Waals surface area contributed by atoms with Gasteiger partial charge in [-0.15, -0.1) is 0 Å². The van der Waals surface area contributed by atoms with E-state index in [0.717, 1.165) is 36.4 Å². The fourth-order valence-corrected chi connectivity index (χ4v) is 4.27. The van der Waals surface area contributed by atoms with Gasteiger partial charge < -0.3 is 24.6 Å². The van der Waals surface area contributed by atoms with E-state index in [2.05, 4.69) is 11.9 Å². The van der Waals surface area contributed by atoms with E-state index in [1.807, 2.05) is 0 Å². The standard InChI is InChI=1S/C33H30F3NO7/c1-5-30(41)37-32(22-7-6-8-23(19-22)33(34,35)36)31(25(39)14-10-20-9-13-24(38)28(17-20)43-3)26(40)15-11-21-12-16-27(42-2)29(18-21)44-4/h5-19,31-32,38H,1H2,2-4H3,(H,37,41)/b14-10+,15-11+. The van der Waals surface area contributed by atoms with Crippen LogP contribution in [-0.4, -0.2) is 43.9 Å². The molecule has 0 aliphatic heterocycles. The molecule has 11 heteroatoms. The van der Waals surface area contributed by atoms with E-state index < -0.39 is 41.2 Å². The molecule has 230 valence electrons. The van der Waals surface area contributed by atoms with Crippen LogP contribution in [0.25, 0.3) is 12.2 Å². The average Bonchev–Trinajstić information content (AvgIpc) is 3.02. The van der Waals surface area contributed by atoms with E-state index >= 15 is 0 Å². The second-order valence-electron chi connectivity index (χ2n) is 9.31. The first-order valence-electron chi connectivity index (χ1n) is 13.0. The van der Waals surface area contributed by atoms with Crippen LogP contribution in [0.15, 0.2) is 85.5 Å². The number of alkyl halides is 3. The van der Waals surface area contributed by atoms with Gasteiger partial charge in [0.05, 0.1) is 32.9 Å². The molecule has 0 aliphatic rings. The first-order valence-corrected chi connectivity index (χ1v) is 13.0. The SMILES string of the molecule is C=CC(=O)NC(c1cccc(C(F)(F)F)c1)C(C(=O)/C=C/c1ccc(O)c(OC)c1)C(=O)/C=C/c1ccc(OC)c(OC)c1. The lowest BCUT2D eigenvalue weighted by molar-refractivity contribution is -0.137. The number of ether oxygens (including phenoxy) is 3. The Morgan fingerprint density at radius 3 is 1.93 bits per heavy atom. The first kappa shape index (κ1) is 33.2. The summed E-state index contributed by atoms with van der Waals surface area (Å²) in [6, 6.07) is 11.6. The fraction of sp³-hybridized carbons (Fsp3) is 0.182. The molecule has 2 atom stereocenters. The highest BCUT2D eigenvalue weighted by Crippen LogP contribution is 2.34. The number of aromatic hydroxyl groups is 1. The lowest BCUT2D eigenvalue weighted by atomic mass is 9.84. The fourth-order valence-electron chi connectivity index (χ4n) is 4.27. The highest BCUT2D eigenvalue weighted by atomic mass is 19.4. The van der Waals surface area contributed by atoms with Crippen molar-refractivity contribution in [2.24, 2.45) is 5.92 Å². The third-order valence-electron chi connectivity index (χ3n) is 6.49. The molecule has 3 aromatic rings. The minimum atomic E-state index is -4.72. The Bertz CT molecular complexity index is 1590. The normalized spacial score (nSPS) is 12.9. The van der Waals surface area contributed by atoms with Gasteiger partial charge in [0.2, 0.25) is 5.91 Å². The smallest absolute Gasteiger partial charge is 0.416 e. The summed E-state index contributed by atoms with van der Waals surface area (Å²) in [4.78, 5) is 39.8. The van der Waals surface area contributed by atoms with Crippen molar-refractivity contribution in [3.8, 4) is 23.0 Å². The van der Waals surface area contributed by atoms with Gasteiger partial charge in [0.15, 0.2) is 34.6 Å². The number of phenolic OH excluding ortho intramolecular Hbond substituents is 1. The lowest BCUT2D eigenvalue weighted by Crippen LogP contribution is -2.39. The topological polar surface area (TPSA) is 111 Å². The highest BCUT2D eigenvalue weighted by Gasteiger charge is 2.36. The van der Waals surface area contributed by atoms with Crippen LogP contribution in [0.2, 0.25) is 0 Å². The van der Waals surface area contributed by atoms with Gasteiger partial charge >= 0.3 is 6.18 Å². The van der Waals surface area contributed by atoms with Gasteiger partial charge in [-0.1, -0.05) is 43.0 Å². The van der Waals surface area contributed by atoms with Crippen molar-refractivity contribution in [2.45, 2.75) is 12.2 Å².